The summed E-state index contributed by atoms with van der Waals surface area (Å²) in [4.78, 5) is 12.3. The van der Waals surface area contributed by atoms with Crippen molar-refractivity contribution in [2.45, 2.75) is 77.6 Å². The van der Waals surface area contributed by atoms with E-state index >= 15 is 0 Å². The number of aliphatic carboxylic acids is 1. The molecular weight excluding hydrogens is 416 g/mol. The van der Waals surface area contributed by atoms with E-state index in [1.165, 1.54) is 5.56 Å². The molecule has 1 N–H and O–H groups in total. The molecule has 2 aromatic rings. The molecule has 2 aromatic carbocycles. The summed E-state index contributed by atoms with van der Waals surface area (Å²) in [6, 6.07) is 14.3. The number of carbonyl (C=O) groups is 1. The SMILES string of the molecule is CCCc1cccc2c1OC(C)(C)[C@H]1C[C@H](C(=O)O)[C@H](CCc3ccccc3OCC)O[C@H]21. The minimum absolute atomic E-state index is 0.0186. The van der Waals surface area contributed by atoms with Crippen molar-refractivity contribution >= 4 is 5.97 Å². The molecule has 0 aliphatic carbocycles. The van der Waals surface area contributed by atoms with E-state index in [9.17, 15) is 9.90 Å². The van der Waals surface area contributed by atoms with Crippen LogP contribution in [0.25, 0.3) is 0 Å². The van der Waals surface area contributed by atoms with Gasteiger partial charge in [0.1, 0.15) is 17.1 Å². The molecule has 5 nitrogen and oxygen atoms in total. The minimum Gasteiger partial charge on any atom is -0.494 e. The smallest absolute Gasteiger partial charge is 0.309 e. The number of hydrogen-bond acceptors (Lipinski definition) is 4. The highest BCUT2D eigenvalue weighted by Crippen LogP contribution is 2.53. The lowest BCUT2D eigenvalue weighted by atomic mass is 9.71. The largest absolute Gasteiger partial charge is 0.494 e. The highest BCUT2D eigenvalue weighted by molar-refractivity contribution is 5.71. The van der Waals surface area contributed by atoms with Crippen LogP contribution in [-0.4, -0.2) is 29.4 Å². The van der Waals surface area contributed by atoms with Gasteiger partial charge in [0.2, 0.25) is 0 Å². The molecule has 178 valence electrons. The van der Waals surface area contributed by atoms with Gasteiger partial charge in [-0.05, 0) is 63.6 Å². The van der Waals surface area contributed by atoms with Crippen molar-refractivity contribution in [1.82, 2.24) is 0 Å². The average Bonchev–Trinajstić information content (AvgIpc) is 2.78. The topological polar surface area (TPSA) is 65.0 Å². The van der Waals surface area contributed by atoms with Gasteiger partial charge in [0.15, 0.2) is 0 Å². The van der Waals surface area contributed by atoms with Crippen molar-refractivity contribution in [2.24, 2.45) is 11.8 Å². The molecule has 2 heterocycles. The quantitative estimate of drug-likeness (QED) is 0.533. The minimum atomic E-state index is -0.794. The Kier molecular flexibility index (Phi) is 6.99. The van der Waals surface area contributed by atoms with Gasteiger partial charge in [0.25, 0.3) is 0 Å². The fourth-order valence-corrected chi connectivity index (χ4v) is 5.46. The molecule has 2 aliphatic rings. The monoisotopic (exact) mass is 452 g/mol. The third-order valence-electron chi connectivity index (χ3n) is 7.14. The molecule has 0 amide bonds. The van der Waals surface area contributed by atoms with Crippen LogP contribution in [0.15, 0.2) is 42.5 Å². The molecular formula is C28H36O5. The first kappa shape index (κ1) is 23.6. The Hall–Kier alpha value is -2.53. The lowest BCUT2D eigenvalue weighted by Gasteiger charge is -2.50. The van der Waals surface area contributed by atoms with Gasteiger partial charge in [-0.3, -0.25) is 4.79 Å². The van der Waals surface area contributed by atoms with Crippen LogP contribution < -0.4 is 9.47 Å². The molecule has 0 aromatic heterocycles. The number of para-hydroxylation sites is 2. The Morgan fingerprint density at radius 2 is 1.85 bits per heavy atom. The predicted molar refractivity (Wildman–Crippen MR) is 128 cm³/mol. The van der Waals surface area contributed by atoms with Crippen LogP contribution >= 0.6 is 0 Å². The second-order valence-corrected chi connectivity index (χ2v) is 9.75. The van der Waals surface area contributed by atoms with E-state index in [-0.39, 0.29) is 18.1 Å². The third-order valence-corrected chi connectivity index (χ3v) is 7.14. The van der Waals surface area contributed by atoms with Crippen molar-refractivity contribution < 1.29 is 24.1 Å². The molecule has 0 spiro atoms. The highest BCUT2D eigenvalue weighted by atomic mass is 16.5. The Labute approximate surface area is 197 Å². The Morgan fingerprint density at radius 3 is 2.58 bits per heavy atom. The fraction of sp³-hybridized carbons (Fsp3) is 0.536. The zero-order valence-corrected chi connectivity index (χ0v) is 20.2. The molecule has 1 saturated heterocycles. The number of carboxylic acids is 1. The zero-order valence-electron chi connectivity index (χ0n) is 20.2. The molecule has 0 radical (unpaired) electrons. The third kappa shape index (κ3) is 4.74. The number of fused-ring (bicyclic) bond motifs is 3. The molecule has 1 fully saturated rings. The predicted octanol–water partition coefficient (Wildman–Crippen LogP) is 5.99. The summed E-state index contributed by atoms with van der Waals surface area (Å²) in [5, 5.41) is 10.1. The van der Waals surface area contributed by atoms with E-state index in [1.54, 1.807) is 0 Å². The molecule has 0 unspecified atom stereocenters. The zero-order chi connectivity index (χ0) is 23.6. The standard InChI is InChI=1S/C28H36O5/c1-5-10-19-12-9-13-20-25(19)33-28(3,4)22-17-21(27(29)30)24(32-26(20)22)16-15-18-11-7-8-14-23(18)31-6-2/h7-9,11-14,21-22,24,26H,5-6,10,15-17H2,1-4H3,(H,29,30)/t21-,22-,24-,26+/m0/s1. The van der Waals surface area contributed by atoms with Crippen LogP contribution in [0.2, 0.25) is 0 Å². The number of hydrogen-bond donors (Lipinski definition) is 1. The summed E-state index contributed by atoms with van der Waals surface area (Å²) in [5.74, 6) is 0.420. The van der Waals surface area contributed by atoms with Crippen LogP contribution in [0.5, 0.6) is 11.5 Å². The number of ether oxygens (including phenoxy) is 3. The summed E-state index contributed by atoms with van der Waals surface area (Å²) >= 11 is 0. The molecule has 4 rings (SSSR count). The Balaban J connectivity index is 1.63. The van der Waals surface area contributed by atoms with Gasteiger partial charge in [0, 0.05) is 11.5 Å². The van der Waals surface area contributed by atoms with E-state index in [1.807, 2.05) is 25.1 Å². The van der Waals surface area contributed by atoms with Gasteiger partial charge in [-0.15, -0.1) is 0 Å². The lowest BCUT2D eigenvalue weighted by molar-refractivity contribution is -0.188. The number of carboxylic acid groups (broad SMARTS) is 1. The van der Waals surface area contributed by atoms with Crippen LogP contribution in [0, 0.1) is 11.8 Å². The second-order valence-electron chi connectivity index (χ2n) is 9.75. The van der Waals surface area contributed by atoms with Crippen molar-refractivity contribution in [3.63, 3.8) is 0 Å². The van der Waals surface area contributed by atoms with Crippen molar-refractivity contribution in [3.05, 3.63) is 59.2 Å². The van der Waals surface area contributed by atoms with Crippen molar-refractivity contribution in [3.8, 4) is 11.5 Å². The van der Waals surface area contributed by atoms with Gasteiger partial charge < -0.3 is 19.3 Å². The molecule has 0 bridgehead atoms. The normalized spacial score (nSPS) is 25.5. The van der Waals surface area contributed by atoms with Gasteiger partial charge in [0.05, 0.1) is 24.7 Å². The molecule has 33 heavy (non-hydrogen) atoms. The molecule has 0 saturated carbocycles. The van der Waals surface area contributed by atoms with Crippen LogP contribution in [0.1, 0.15) is 69.8 Å². The van der Waals surface area contributed by atoms with Crippen LogP contribution in [0.3, 0.4) is 0 Å². The first-order valence-corrected chi connectivity index (χ1v) is 12.3. The fourth-order valence-electron chi connectivity index (χ4n) is 5.46. The molecule has 2 aliphatic heterocycles. The number of rotatable bonds is 8. The van der Waals surface area contributed by atoms with Gasteiger partial charge >= 0.3 is 5.97 Å². The second kappa shape index (κ2) is 9.76. The van der Waals surface area contributed by atoms with Crippen molar-refractivity contribution in [1.29, 1.82) is 0 Å². The van der Waals surface area contributed by atoms with E-state index < -0.39 is 17.5 Å². The average molecular weight is 453 g/mol. The summed E-state index contributed by atoms with van der Waals surface area (Å²) in [6.07, 6.45) is 3.35. The molecule has 4 atom stereocenters. The summed E-state index contributed by atoms with van der Waals surface area (Å²) in [7, 11) is 0. The van der Waals surface area contributed by atoms with Gasteiger partial charge in [-0.25, -0.2) is 0 Å². The van der Waals surface area contributed by atoms with Crippen molar-refractivity contribution in [2.75, 3.05) is 6.61 Å². The summed E-state index contributed by atoms with van der Waals surface area (Å²) in [6.45, 7) is 8.87. The highest BCUT2D eigenvalue weighted by Gasteiger charge is 2.52. The van der Waals surface area contributed by atoms with E-state index in [2.05, 4.69) is 45.0 Å². The summed E-state index contributed by atoms with van der Waals surface area (Å²) in [5.41, 5.74) is 2.86. The van der Waals surface area contributed by atoms with Gasteiger partial charge in [-0.1, -0.05) is 49.7 Å². The first-order valence-electron chi connectivity index (χ1n) is 12.3. The summed E-state index contributed by atoms with van der Waals surface area (Å²) < 4.78 is 19.0. The maximum atomic E-state index is 12.3. The van der Waals surface area contributed by atoms with E-state index in [0.717, 1.165) is 35.5 Å². The number of aryl methyl sites for hydroxylation is 2. The Bertz CT molecular complexity index is 982. The van der Waals surface area contributed by atoms with Crippen LogP contribution in [0.4, 0.5) is 0 Å². The molecule has 5 heteroatoms. The van der Waals surface area contributed by atoms with E-state index in [4.69, 9.17) is 14.2 Å². The van der Waals surface area contributed by atoms with Gasteiger partial charge in [-0.2, -0.15) is 0 Å². The maximum Gasteiger partial charge on any atom is 0.309 e. The lowest BCUT2D eigenvalue weighted by Crippen LogP contribution is -2.52. The van der Waals surface area contributed by atoms with E-state index in [0.29, 0.717) is 25.9 Å². The maximum absolute atomic E-state index is 12.3. The number of benzene rings is 2. The Morgan fingerprint density at radius 1 is 1.09 bits per heavy atom. The first-order chi connectivity index (χ1) is 15.9. The van der Waals surface area contributed by atoms with Crippen LogP contribution in [-0.2, 0) is 22.4 Å².